The summed E-state index contributed by atoms with van der Waals surface area (Å²) < 4.78 is 18.9. The van der Waals surface area contributed by atoms with Crippen LogP contribution in [0.25, 0.3) is 0 Å². The van der Waals surface area contributed by atoms with Gasteiger partial charge in [-0.15, -0.1) is 0 Å². The van der Waals surface area contributed by atoms with Gasteiger partial charge < -0.3 is 25.6 Å². The summed E-state index contributed by atoms with van der Waals surface area (Å²) in [6.07, 6.45) is 1.55. The van der Waals surface area contributed by atoms with Crippen molar-refractivity contribution in [3.63, 3.8) is 0 Å². The van der Waals surface area contributed by atoms with Crippen molar-refractivity contribution in [2.24, 2.45) is 0 Å². The fourth-order valence-electron chi connectivity index (χ4n) is 3.21. The molecule has 0 aliphatic heterocycles. The average Bonchev–Trinajstić information content (AvgIpc) is 2.65. The number of halogens is 1. The number of carbonyl (C=O) groups excluding carboxylic acids is 1. The molecule has 0 heterocycles. The number of benzene rings is 2. The van der Waals surface area contributed by atoms with Gasteiger partial charge in [0.1, 0.15) is 23.7 Å². The number of ether oxygens (including phenoxy) is 1. The first-order valence-electron chi connectivity index (χ1n) is 8.94. The molecule has 3 rings (SSSR count). The Morgan fingerprint density at radius 2 is 2.00 bits per heavy atom. The second-order valence-electron chi connectivity index (χ2n) is 6.49. The lowest BCUT2D eigenvalue weighted by Crippen LogP contribution is -2.33. The summed E-state index contributed by atoms with van der Waals surface area (Å²) in [5.74, 6) is -2.40. The molecule has 2 aromatic rings. The number of carbonyl (C=O) groups is 2. The minimum Gasteiger partial charge on any atom is -0.491 e. The zero-order chi connectivity index (χ0) is 20.1. The number of hydrogen-bond donors (Lipinski definition) is 4. The third kappa shape index (κ3) is 4.58. The maximum atomic E-state index is 13.6. The van der Waals surface area contributed by atoms with Gasteiger partial charge in [0, 0.05) is 12.1 Å². The van der Waals surface area contributed by atoms with E-state index in [2.05, 4.69) is 10.6 Å². The molecule has 2 amide bonds. The molecular weight excluding hydrogens is 367 g/mol. The Balaban J connectivity index is 1.53. The van der Waals surface area contributed by atoms with Crippen molar-refractivity contribution in [3.8, 4) is 5.75 Å². The Bertz CT molecular complexity index is 887. The van der Waals surface area contributed by atoms with Gasteiger partial charge >= 0.3 is 12.0 Å². The molecule has 0 radical (unpaired) electrons. The highest BCUT2D eigenvalue weighted by molar-refractivity contribution is 5.91. The van der Waals surface area contributed by atoms with E-state index in [1.54, 1.807) is 6.07 Å². The molecule has 0 saturated heterocycles. The number of urea groups is 1. The molecule has 1 atom stereocenters. The van der Waals surface area contributed by atoms with Crippen molar-refractivity contribution >= 4 is 17.7 Å². The third-order valence-corrected chi connectivity index (χ3v) is 4.54. The van der Waals surface area contributed by atoms with Gasteiger partial charge in [-0.25, -0.2) is 14.0 Å². The molecule has 0 aromatic heterocycles. The first-order chi connectivity index (χ1) is 13.5. The van der Waals surface area contributed by atoms with E-state index in [0.29, 0.717) is 18.5 Å². The Labute approximate surface area is 161 Å². The van der Waals surface area contributed by atoms with E-state index in [0.717, 1.165) is 23.6 Å². The second-order valence-corrected chi connectivity index (χ2v) is 6.49. The highest BCUT2D eigenvalue weighted by Crippen LogP contribution is 2.28. The third-order valence-electron chi connectivity index (χ3n) is 4.54. The number of amides is 2. The van der Waals surface area contributed by atoms with Gasteiger partial charge in [0.15, 0.2) is 0 Å². The second kappa shape index (κ2) is 8.71. The fraction of sp³-hybridized carbons (Fsp3) is 0.300. The summed E-state index contributed by atoms with van der Waals surface area (Å²) in [6, 6.07) is 8.91. The number of aryl methyl sites for hydroxylation is 1. The summed E-state index contributed by atoms with van der Waals surface area (Å²) >= 11 is 0. The molecule has 0 fully saturated rings. The Hall–Kier alpha value is -3.13. The Morgan fingerprint density at radius 3 is 2.79 bits per heavy atom. The first-order valence-corrected chi connectivity index (χ1v) is 8.94. The Kier molecular flexibility index (Phi) is 6.10. The van der Waals surface area contributed by atoms with Crippen LogP contribution in [0.5, 0.6) is 5.75 Å². The molecule has 1 unspecified atom stereocenters. The number of aliphatic hydroxyl groups excluding tert-OH is 1. The molecular formula is C20H21FN2O5. The lowest BCUT2D eigenvalue weighted by atomic mass is 9.88. The van der Waals surface area contributed by atoms with Crippen molar-refractivity contribution in [1.82, 2.24) is 5.32 Å². The number of carboxylic acid groups (broad SMARTS) is 1. The lowest BCUT2D eigenvalue weighted by Gasteiger charge is -2.23. The number of fused-ring (bicyclic) bond motifs is 1. The summed E-state index contributed by atoms with van der Waals surface area (Å²) in [5, 5.41) is 24.3. The monoisotopic (exact) mass is 388 g/mol. The highest BCUT2D eigenvalue weighted by atomic mass is 19.1. The number of anilines is 1. The van der Waals surface area contributed by atoms with Crippen LogP contribution in [0.4, 0.5) is 14.9 Å². The van der Waals surface area contributed by atoms with Crippen molar-refractivity contribution in [1.29, 1.82) is 0 Å². The number of nitrogens with one attached hydrogen (secondary N) is 2. The van der Waals surface area contributed by atoms with Crippen LogP contribution in [0.3, 0.4) is 0 Å². The van der Waals surface area contributed by atoms with Crippen molar-refractivity contribution in [3.05, 3.63) is 58.9 Å². The smallest absolute Gasteiger partial charge is 0.342 e. The molecule has 0 spiro atoms. The van der Waals surface area contributed by atoms with Crippen LogP contribution in [0.2, 0.25) is 0 Å². The number of rotatable bonds is 6. The summed E-state index contributed by atoms with van der Waals surface area (Å²) in [5.41, 5.74) is 2.15. The van der Waals surface area contributed by atoms with Gasteiger partial charge in [-0.2, -0.15) is 0 Å². The van der Waals surface area contributed by atoms with Crippen LogP contribution in [0.1, 0.15) is 27.9 Å². The topological polar surface area (TPSA) is 108 Å². The van der Waals surface area contributed by atoms with Crippen molar-refractivity contribution in [2.45, 2.75) is 25.4 Å². The van der Waals surface area contributed by atoms with E-state index in [-0.39, 0.29) is 18.9 Å². The van der Waals surface area contributed by atoms with Crippen LogP contribution >= 0.6 is 0 Å². The maximum Gasteiger partial charge on any atom is 0.342 e. The van der Waals surface area contributed by atoms with Gasteiger partial charge in [0.05, 0.1) is 12.6 Å². The van der Waals surface area contributed by atoms with E-state index in [9.17, 15) is 19.1 Å². The summed E-state index contributed by atoms with van der Waals surface area (Å²) in [4.78, 5) is 23.2. The van der Waals surface area contributed by atoms with Crippen LogP contribution in [0.15, 0.2) is 36.4 Å². The number of carboxylic acids is 1. The minimum absolute atomic E-state index is 0.0250. The van der Waals surface area contributed by atoms with Gasteiger partial charge in [-0.05, 0) is 42.2 Å². The number of aromatic carboxylic acids is 1. The SMILES string of the molecule is O=C(NCCOc1cccc(F)c1C(=O)O)Nc1cccc2c1CC(O)CC2. The molecule has 148 valence electrons. The molecule has 1 aliphatic carbocycles. The first kappa shape index (κ1) is 19.6. The predicted molar refractivity (Wildman–Crippen MR) is 100 cm³/mol. The Morgan fingerprint density at radius 1 is 1.21 bits per heavy atom. The van der Waals surface area contributed by atoms with Crippen molar-refractivity contribution < 1.29 is 28.9 Å². The number of aliphatic hydroxyl groups is 1. The fourth-order valence-corrected chi connectivity index (χ4v) is 3.21. The van der Waals surface area contributed by atoms with E-state index in [1.807, 2.05) is 12.1 Å². The maximum absolute atomic E-state index is 13.6. The molecule has 8 heteroatoms. The van der Waals surface area contributed by atoms with E-state index in [1.165, 1.54) is 12.1 Å². The largest absolute Gasteiger partial charge is 0.491 e. The lowest BCUT2D eigenvalue weighted by molar-refractivity contribution is 0.0686. The molecule has 28 heavy (non-hydrogen) atoms. The van der Waals surface area contributed by atoms with Crippen LogP contribution in [-0.2, 0) is 12.8 Å². The van der Waals surface area contributed by atoms with Gasteiger partial charge in [0.25, 0.3) is 0 Å². The molecule has 4 N–H and O–H groups in total. The summed E-state index contributed by atoms with van der Waals surface area (Å²) in [7, 11) is 0. The van der Waals surface area contributed by atoms with Crippen molar-refractivity contribution in [2.75, 3.05) is 18.5 Å². The van der Waals surface area contributed by atoms with Crippen LogP contribution in [-0.4, -0.2) is 41.5 Å². The quantitative estimate of drug-likeness (QED) is 0.569. The average molecular weight is 388 g/mol. The summed E-state index contributed by atoms with van der Waals surface area (Å²) in [6.45, 7) is 0.0712. The number of hydrogen-bond acceptors (Lipinski definition) is 4. The van der Waals surface area contributed by atoms with E-state index < -0.39 is 29.5 Å². The van der Waals surface area contributed by atoms with Crippen LogP contribution in [0, 0.1) is 5.82 Å². The molecule has 2 aromatic carbocycles. The molecule has 0 saturated carbocycles. The predicted octanol–water partition coefficient (Wildman–Crippen LogP) is 2.57. The minimum atomic E-state index is -1.42. The van der Waals surface area contributed by atoms with Gasteiger partial charge in [-0.3, -0.25) is 0 Å². The van der Waals surface area contributed by atoms with Crippen LogP contribution < -0.4 is 15.4 Å². The standard InChI is InChI=1S/C20H21FN2O5/c21-15-4-2-6-17(18(15)19(25)26)28-10-9-22-20(27)23-16-5-1-3-12-7-8-13(24)11-14(12)16/h1-6,13,24H,7-11H2,(H,25,26)(H2,22,23,27). The van der Waals surface area contributed by atoms with E-state index >= 15 is 0 Å². The van der Waals surface area contributed by atoms with Gasteiger partial charge in [-0.1, -0.05) is 18.2 Å². The molecule has 7 nitrogen and oxygen atoms in total. The van der Waals surface area contributed by atoms with Gasteiger partial charge in [0.2, 0.25) is 0 Å². The normalized spacial score (nSPS) is 15.4. The molecule has 1 aliphatic rings. The zero-order valence-corrected chi connectivity index (χ0v) is 15.1. The molecule has 0 bridgehead atoms. The van der Waals surface area contributed by atoms with E-state index in [4.69, 9.17) is 9.84 Å². The zero-order valence-electron chi connectivity index (χ0n) is 15.1. The highest BCUT2D eigenvalue weighted by Gasteiger charge is 2.20.